The number of halogens is 2. The van der Waals surface area contributed by atoms with Gasteiger partial charge in [0.25, 0.3) is 5.91 Å². The van der Waals surface area contributed by atoms with Crippen molar-refractivity contribution in [3.8, 4) is 11.4 Å². The van der Waals surface area contributed by atoms with E-state index >= 15 is 0 Å². The van der Waals surface area contributed by atoms with Crippen molar-refractivity contribution >= 4 is 51.9 Å². The third-order valence-electron chi connectivity index (χ3n) is 4.89. The van der Waals surface area contributed by atoms with Gasteiger partial charge in [0.1, 0.15) is 23.5 Å². The summed E-state index contributed by atoms with van der Waals surface area (Å²) in [6, 6.07) is 8.46. The predicted octanol–water partition coefficient (Wildman–Crippen LogP) is 3.28. The number of hydrogen-bond acceptors (Lipinski definition) is 7. The third-order valence-corrected chi connectivity index (χ3v) is 5.52. The van der Waals surface area contributed by atoms with Crippen LogP contribution in [0.15, 0.2) is 42.9 Å². The average molecular weight is 456 g/mol. The molecule has 1 amide bonds. The largest absolute Gasteiger partial charge is 0.389 e. The van der Waals surface area contributed by atoms with E-state index in [1.807, 2.05) is 0 Å². The molecule has 0 spiro atoms. The zero-order valence-corrected chi connectivity index (χ0v) is 17.4. The van der Waals surface area contributed by atoms with E-state index in [1.165, 1.54) is 12.5 Å². The van der Waals surface area contributed by atoms with E-state index in [0.29, 0.717) is 62.9 Å². The minimum atomic E-state index is -0.459. The fraction of sp³-hybridized carbons (Fsp3) is 0.150. The number of imidazole rings is 1. The molecule has 3 aromatic heterocycles. The van der Waals surface area contributed by atoms with Crippen molar-refractivity contribution in [2.75, 3.05) is 18.4 Å². The van der Waals surface area contributed by atoms with Crippen molar-refractivity contribution in [3.05, 3.63) is 58.5 Å². The van der Waals surface area contributed by atoms with Crippen molar-refractivity contribution in [2.45, 2.75) is 6.10 Å². The predicted molar refractivity (Wildman–Crippen MR) is 117 cm³/mol. The number of nitrogens with zero attached hydrogens (tertiary/aromatic N) is 5. The first kappa shape index (κ1) is 19.7. The van der Waals surface area contributed by atoms with Crippen molar-refractivity contribution in [1.29, 1.82) is 0 Å². The van der Waals surface area contributed by atoms with Gasteiger partial charge in [0.15, 0.2) is 11.5 Å². The zero-order valence-electron chi connectivity index (χ0n) is 15.9. The molecule has 0 saturated carbocycles. The fourth-order valence-corrected chi connectivity index (χ4v) is 3.90. The summed E-state index contributed by atoms with van der Waals surface area (Å²) in [5.74, 6) is 1.16. The number of aliphatic hydroxyl groups is 1. The van der Waals surface area contributed by atoms with Gasteiger partial charge < -0.3 is 20.3 Å². The molecule has 1 aliphatic heterocycles. The normalized spacial score (nSPS) is 14.0. The third kappa shape index (κ3) is 3.67. The Balaban J connectivity index is 1.47. The summed E-state index contributed by atoms with van der Waals surface area (Å²) >= 11 is 12.6. The highest BCUT2D eigenvalue weighted by Gasteiger charge is 2.29. The molecule has 1 aromatic carbocycles. The maximum atomic E-state index is 12.5. The van der Waals surface area contributed by atoms with E-state index < -0.39 is 6.10 Å². The first-order valence-electron chi connectivity index (χ1n) is 9.35. The fourth-order valence-electron chi connectivity index (χ4n) is 3.32. The number of likely N-dealkylation sites (tertiary alicyclic amines) is 1. The van der Waals surface area contributed by atoms with Gasteiger partial charge in [0.2, 0.25) is 0 Å². The highest BCUT2D eigenvalue weighted by molar-refractivity contribution is 6.39. The van der Waals surface area contributed by atoms with Crippen LogP contribution in [0.5, 0.6) is 0 Å². The number of hydrogen-bond donors (Lipinski definition) is 3. The van der Waals surface area contributed by atoms with Gasteiger partial charge in [0, 0.05) is 24.8 Å². The Labute approximate surface area is 186 Å². The van der Waals surface area contributed by atoms with Crippen LogP contribution in [0, 0.1) is 0 Å². The lowest BCUT2D eigenvalue weighted by Crippen LogP contribution is -2.53. The Bertz CT molecular complexity index is 1280. The number of H-pyrrole nitrogens is 1. The highest BCUT2D eigenvalue weighted by Crippen LogP contribution is 2.34. The van der Waals surface area contributed by atoms with Crippen LogP contribution in [-0.4, -0.2) is 60.0 Å². The van der Waals surface area contributed by atoms with Crippen molar-refractivity contribution < 1.29 is 9.90 Å². The molecule has 5 rings (SSSR count). The molecule has 1 fully saturated rings. The van der Waals surface area contributed by atoms with Gasteiger partial charge in [-0.05, 0) is 24.3 Å². The molecule has 9 nitrogen and oxygen atoms in total. The minimum absolute atomic E-state index is 0.166. The number of nitrogens with one attached hydrogen (secondary N) is 2. The molecule has 1 aliphatic rings. The van der Waals surface area contributed by atoms with Crippen LogP contribution in [0.3, 0.4) is 0 Å². The summed E-state index contributed by atoms with van der Waals surface area (Å²) in [4.78, 5) is 34.5. The molecule has 4 heterocycles. The smallest absolute Gasteiger partial charge is 0.254 e. The second-order valence-corrected chi connectivity index (χ2v) is 7.84. The molecular weight excluding hydrogens is 441 g/mol. The summed E-state index contributed by atoms with van der Waals surface area (Å²) in [5.41, 5.74) is 1.99. The standard InChI is InChI=1S/C20H15Cl2N7O2/c21-12-2-1-3-13(22)15(12)17-27-16-18(24-9-25-19(16)28-17)26-14-6-10(4-5-23-14)20(31)29-7-11(30)8-29/h1-6,9,11,30H,7-8H2,(H2,23,24,25,26,27,28). The molecule has 1 saturated heterocycles. The van der Waals surface area contributed by atoms with Gasteiger partial charge in [-0.25, -0.2) is 19.9 Å². The molecule has 4 aromatic rings. The molecular formula is C20H15Cl2N7O2. The number of fused-ring (bicyclic) bond motifs is 1. The Morgan fingerprint density at radius 2 is 1.94 bits per heavy atom. The molecule has 31 heavy (non-hydrogen) atoms. The molecule has 11 heteroatoms. The molecule has 0 atom stereocenters. The van der Waals surface area contributed by atoms with E-state index in [0.717, 1.165) is 0 Å². The maximum Gasteiger partial charge on any atom is 0.254 e. The molecule has 0 aliphatic carbocycles. The number of aromatic nitrogens is 5. The lowest BCUT2D eigenvalue weighted by Gasteiger charge is -2.35. The first-order valence-corrected chi connectivity index (χ1v) is 10.1. The van der Waals surface area contributed by atoms with Gasteiger partial charge in [-0.15, -0.1) is 0 Å². The van der Waals surface area contributed by atoms with E-state index in [2.05, 4.69) is 30.2 Å². The number of carbonyl (C=O) groups is 1. The van der Waals surface area contributed by atoms with Gasteiger partial charge in [-0.1, -0.05) is 29.3 Å². The number of rotatable bonds is 4. The maximum absolute atomic E-state index is 12.5. The Hall–Kier alpha value is -3.27. The van der Waals surface area contributed by atoms with Crippen LogP contribution >= 0.6 is 23.2 Å². The van der Waals surface area contributed by atoms with Gasteiger partial charge in [-0.3, -0.25) is 4.79 Å². The van der Waals surface area contributed by atoms with Crippen LogP contribution in [0.1, 0.15) is 10.4 Å². The number of pyridine rings is 1. The Kier molecular flexibility index (Phi) is 4.93. The van der Waals surface area contributed by atoms with E-state index in [4.69, 9.17) is 23.2 Å². The zero-order chi connectivity index (χ0) is 21.5. The summed E-state index contributed by atoms with van der Waals surface area (Å²) in [6.07, 6.45) is 2.45. The van der Waals surface area contributed by atoms with E-state index in [-0.39, 0.29) is 5.91 Å². The average Bonchev–Trinajstić information content (AvgIpc) is 3.16. The second-order valence-electron chi connectivity index (χ2n) is 7.02. The number of aromatic amines is 1. The van der Waals surface area contributed by atoms with Crippen LogP contribution < -0.4 is 5.32 Å². The van der Waals surface area contributed by atoms with Crippen molar-refractivity contribution in [1.82, 2.24) is 29.8 Å². The molecule has 3 N–H and O–H groups in total. The highest BCUT2D eigenvalue weighted by atomic mass is 35.5. The lowest BCUT2D eigenvalue weighted by atomic mass is 10.1. The quantitative estimate of drug-likeness (QED) is 0.431. The number of anilines is 2. The number of aliphatic hydroxyl groups excluding tert-OH is 1. The van der Waals surface area contributed by atoms with Gasteiger partial charge in [0.05, 0.1) is 21.7 Å². The Morgan fingerprint density at radius 3 is 2.68 bits per heavy atom. The molecule has 0 unspecified atom stereocenters. The summed E-state index contributed by atoms with van der Waals surface area (Å²) in [5, 5.41) is 13.4. The van der Waals surface area contributed by atoms with Crippen LogP contribution in [0.4, 0.5) is 11.6 Å². The van der Waals surface area contributed by atoms with Gasteiger partial charge >= 0.3 is 0 Å². The van der Waals surface area contributed by atoms with Crippen molar-refractivity contribution in [3.63, 3.8) is 0 Å². The van der Waals surface area contributed by atoms with Crippen LogP contribution in [0.25, 0.3) is 22.6 Å². The number of benzene rings is 1. The molecule has 0 radical (unpaired) electrons. The lowest BCUT2D eigenvalue weighted by molar-refractivity contribution is 0.00589. The number of β-amino-alcohol motifs (C(OH)–C–C–N with tert-alkyl or cyclic N) is 1. The second kappa shape index (κ2) is 7.77. The summed E-state index contributed by atoms with van der Waals surface area (Å²) < 4.78 is 0. The summed E-state index contributed by atoms with van der Waals surface area (Å²) in [6.45, 7) is 0.663. The molecule has 156 valence electrons. The monoisotopic (exact) mass is 455 g/mol. The van der Waals surface area contributed by atoms with E-state index in [9.17, 15) is 9.90 Å². The first-order chi connectivity index (χ1) is 15.0. The van der Waals surface area contributed by atoms with Gasteiger partial charge in [-0.2, -0.15) is 0 Å². The number of amides is 1. The topological polar surface area (TPSA) is 120 Å². The van der Waals surface area contributed by atoms with Crippen LogP contribution in [0.2, 0.25) is 10.0 Å². The van der Waals surface area contributed by atoms with E-state index in [1.54, 1.807) is 35.2 Å². The number of carbonyl (C=O) groups excluding carboxylic acids is 1. The summed E-state index contributed by atoms with van der Waals surface area (Å²) in [7, 11) is 0. The SMILES string of the molecule is O=C(c1ccnc(Nc2ncnc3nc(-c4c(Cl)cccc4Cl)[nH]c23)c1)N1CC(O)C1. The van der Waals surface area contributed by atoms with Crippen molar-refractivity contribution in [2.24, 2.45) is 0 Å². The minimum Gasteiger partial charge on any atom is -0.389 e. The molecule has 0 bridgehead atoms. The van der Waals surface area contributed by atoms with Crippen LogP contribution in [-0.2, 0) is 0 Å². The Morgan fingerprint density at radius 1 is 1.16 bits per heavy atom.